The van der Waals surface area contributed by atoms with Crippen molar-refractivity contribution in [2.75, 3.05) is 6.54 Å². The van der Waals surface area contributed by atoms with Crippen molar-refractivity contribution >= 4 is 10.0 Å². The molecule has 1 aliphatic carbocycles. The van der Waals surface area contributed by atoms with Gasteiger partial charge in [-0.2, -0.15) is 4.31 Å². The van der Waals surface area contributed by atoms with Crippen LogP contribution in [0.1, 0.15) is 18.4 Å². The van der Waals surface area contributed by atoms with E-state index >= 15 is 0 Å². The van der Waals surface area contributed by atoms with Crippen LogP contribution >= 0.6 is 0 Å². The molecule has 2 atom stereocenters. The van der Waals surface area contributed by atoms with Gasteiger partial charge in [-0.25, -0.2) is 8.42 Å². The number of hydrogen-bond acceptors (Lipinski definition) is 2. The number of nitrogens with zero attached hydrogens (tertiary/aromatic N) is 1. The number of sulfonamides is 1. The first-order chi connectivity index (χ1) is 8.59. The zero-order valence-electron chi connectivity index (χ0n) is 10.4. The van der Waals surface area contributed by atoms with Gasteiger partial charge in [-0.3, -0.25) is 0 Å². The van der Waals surface area contributed by atoms with Gasteiger partial charge in [-0.1, -0.05) is 29.8 Å². The molecule has 1 fully saturated rings. The predicted molar refractivity (Wildman–Crippen MR) is 70.7 cm³/mol. The SMILES string of the molecule is Cc1ccc(S(=O)(=O)N2CCC3CC=CC32)cc1. The summed E-state index contributed by atoms with van der Waals surface area (Å²) >= 11 is 0. The lowest BCUT2D eigenvalue weighted by atomic mass is 10.0. The summed E-state index contributed by atoms with van der Waals surface area (Å²) in [5, 5.41) is 0. The highest BCUT2D eigenvalue weighted by molar-refractivity contribution is 7.89. The fraction of sp³-hybridized carbons (Fsp3) is 0.429. The Balaban J connectivity index is 1.95. The molecule has 3 nitrogen and oxygen atoms in total. The van der Waals surface area contributed by atoms with E-state index in [1.54, 1.807) is 16.4 Å². The number of allylic oxidation sites excluding steroid dienone is 1. The number of hydrogen-bond donors (Lipinski definition) is 0. The first-order valence-corrected chi connectivity index (χ1v) is 7.78. The van der Waals surface area contributed by atoms with E-state index in [2.05, 4.69) is 6.08 Å². The Labute approximate surface area is 108 Å². The lowest BCUT2D eigenvalue weighted by Crippen LogP contribution is -2.35. The molecular formula is C14H17NO2S. The predicted octanol–water partition coefficient (Wildman–Crippen LogP) is 2.33. The van der Waals surface area contributed by atoms with Crippen LogP contribution in [0.2, 0.25) is 0 Å². The van der Waals surface area contributed by atoms with Crippen molar-refractivity contribution in [1.82, 2.24) is 4.31 Å². The number of aryl methyl sites for hydroxylation is 1. The summed E-state index contributed by atoms with van der Waals surface area (Å²) in [6.07, 6.45) is 6.14. The molecule has 3 rings (SSSR count). The van der Waals surface area contributed by atoms with Crippen LogP contribution in [0.5, 0.6) is 0 Å². The summed E-state index contributed by atoms with van der Waals surface area (Å²) in [7, 11) is -3.33. The van der Waals surface area contributed by atoms with Gasteiger partial charge in [0.2, 0.25) is 10.0 Å². The van der Waals surface area contributed by atoms with Crippen molar-refractivity contribution in [3.05, 3.63) is 42.0 Å². The maximum atomic E-state index is 12.6. The van der Waals surface area contributed by atoms with Gasteiger partial charge < -0.3 is 0 Å². The van der Waals surface area contributed by atoms with Crippen molar-refractivity contribution in [2.24, 2.45) is 5.92 Å². The van der Waals surface area contributed by atoms with Crippen LogP contribution in [0.15, 0.2) is 41.3 Å². The molecule has 96 valence electrons. The summed E-state index contributed by atoms with van der Waals surface area (Å²) in [4.78, 5) is 0.411. The summed E-state index contributed by atoms with van der Waals surface area (Å²) in [5.41, 5.74) is 1.08. The Morgan fingerprint density at radius 1 is 1.22 bits per heavy atom. The molecule has 1 heterocycles. The highest BCUT2D eigenvalue weighted by atomic mass is 32.2. The largest absolute Gasteiger partial charge is 0.243 e. The monoisotopic (exact) mass is 263 g/mol. The lowest BCUT2D eigenvalue weighted by Gasteiger charge is -2.22. The minimum absolute atomic E-state index is 0.0799. The first kappa shape index (κ1) is 11.9. The fourth-order valence-corrected chi connectivity index (χ4v) is 4.54. The molecule has 1 saturated heterocycles. The molecule has 0 spiro atoms. The molecular weight excluding hydrogens is 246 g/mol. The van der Waals surface area contributed by atoms with E-state index < -0.39 is 10.0 Å². The standard InChI is InChI=1S/C14H17NO2S/c1-11-5-7-13(8-6-11)18(16,17)15-10-9-12-3-2-4-14(12)15/h2,4-8,12,14H,3,9-10H2,1H3. The number of rotatable bonds is 2. The topological polar surface area (TPSA) is 37.4 Å². The second-order valence-electron chi connectivity index (χ2n) is 5.13. The van der Waals surface area contributed by atoms with E-state index in [4.69, 9.17) is 0 Å². The Bertz CT molecular complexity index is 574. The molecule has 1 aliphatic heterocycles. The molecule has 0 bridgehead atoms. The third-order valence-corrected chi connectivity index (χ3v) is 5.85. The zero-order valence-corrected chi connectivity index (χ0v) is 11.2. The molecule has 2 aliphatic rings. The van der Waals surface area contributed by atoms with Gasteiger partial charge in [-0.15, -0.1) is 0 Å². The summed E-state index contributed by atoms with van der Waals surface area (Å²) in [5.74, 6) is 0.491. The Morgan fingerprint density at radius 3 is 2.67 bits per heavy atom. The fourth-order valence-electron chi connectivity index (χ4n) is 2.88. The van der Waals surface area contributed by atoms with Crippen LogP contribution < -0.4 is 0 Å². The van der Waals surface area contributed by atoms with E-state index in [1.165, 1.54) is 0 Å². The molecule has 0 radical (unpaired) electrons. The van der Waals surface area contributed by atoms with Gasteiger partial charge in [-0.05, 0) is 37.8 Å². The zero-order chi connectivity index (χ0) is 12.8. The average molecular weight is 263 g/mol. The van der Waals surface area contributed by atoms with Crippen molar-refractivity contribution in [2.45, 2.75) is 30.7 Å². The normalized spacial score (nSPS) is 27.6. The van der Waals surface area contributed by atoms with Crippen LogP contribution in [0.3, 0.4) is 0 Å². The minimum Gasteiger partial charge on any atom is -0.207 e. The lowest BCUT2D eigenvalue weighted by molar-refractivity contribution is 0.405. The van der Waals surface area contributed by atoms with Gasteiger partial charge in [0.05, 0.1) is 4.90 Å². The molecule has 1 aromatic carbocycles. The first-order valence-electron chi connectivity index (χ1n) is 6.34. The summed E-state index contributed by atoms with van der Waals surface area (Å²) < 4.78 is 26.8. The minimum atomic E-state index is -3.33. The van der Waals surface area contributed by atoms with Gasteiger partial charge in [0.25, 0.3) is 0 Å². The molecule has 0 saturated carbocycles. The van der Waals surface area contributed by atoms with Crippen molar-refractivity contribution in [3.8, 4) is 0 Å². The maximum Gasteiger partial charge on any atom is 0.243 e. The Kier molecular flexibility index (Phi) is 2.79. The van der Waals surface area contributed by atoms with Crippen LogP contribution in [-0.2, 0) is 10.0 Å². The molecule has 4 heteroatoms. The van der Waals surface area contributed by atoms with Crippen molar-refractivity contribution < 1.29 is 8.42 Å². The van der Waals surface area contributed by atoms with E-state index in [-0.39, 0.29) is 6.04 Å². The van der Waals surface area contributed by atoms with Gasteiger partial charge in [0.15, 0.2) is 0 Å². The smallest absolute Gasteiger partial charge is 0.207 e. The highest BCUT2D eigenvalue weighted by Crippen LogP contribution is 2.36. The van der Waals surface area contributed by atoms with Crippen LogP contribution in [-0.4, -0.2) is 25.3 Å². The Morgan fingerprint density at radius 2 is 1.94 bits per heavy atom. The van der Waals surface area contributed by atoms with Gasteiger partial charge in [0.1, 0.15) is 0 Å². The molecule has 0 amide bonds. The average Bonchev–Trinajstić information content (AvgIpc) is 2.90. The molecule has 1 aromatic rings. The van der Waals surface area contributed by atoms with Crippen LogP contribution in [0.25, 0.3) is 0 Å². The van der Waals surface area contributed by atoms with E-state index in [1.807, 2.05) is 25.1 Å². The second-order valence-corrected chi connectivity index (χ2v) is 7.02. The van der Waals surface area contributed by atoms with Crippen molar-refractivity contribution in [3.63, 3.8) is 0 Å². The van der Waals surface area contributed by atoms with E-state index in [9.17, 15) is 8.42 Å². The second kappa shape index (κ2) is 4.21. The molecule has 0 N–H and O–H groups in total. The Hall–Kier alpha value is -1.13. The summed E-state index contributed by atoms with van der Waals surface area (Å²) in [6, 6.07) is 7.19. The van der Waals surface area contributed by atoms with Gasteiger partial charge in [0, 0.05) is 12.6 Å². The van der Waals surface area contributed by atoms with Crippen molar-refractivity contribution in [1.29, 1.82) is 0 Å². The van der Waals surface area contributed by atoms with E-state index in [0.717, 1.165) is 18.4 Å². The van der Waals surface area contributed by atoms with E-state index in [0.29, 0.717) is 17.4 Å². The molecule has 2 unspecified atom stereocenters. The molecule has 18 heavy (non-hydrogen) atoms. The number of benzene rings is 1. The third kappa shape index (κ3) is 1.80. The third-order valence-electron chi connectivity index (χ3n) is 3.94. The quantitative estimate of drug-likeness (QED) is 0.768. The number of fused-ring (bicyclic) bond motifs is 1. The molecule has 0 aromatic heterocycles. The van der Waals surface area contributed by atoms with Crippen LogP contribution in [0, 0.1) is 12.8 Å². The van der Waals surface area contributed by atoms with Gasteiger partial charge >= 0.3 is 0 Å². The summed E-state index contributed by atoms with van der Waals surface area (Å²) in [6.45, 7) is 2.61. The maximum absolute atomic E-state index is 12.6. The van der Waals surface area contributed by atoms with Crippen LogP contribution in [0.4, 0.5) is 0 Å². The highest BCUT2D eigenvalue weighted by Gasteiger charge is 2.41.